The van der Waals surface area contributed by atoms with Gasteiger partial charge >= 0.3 is 0 Å². The van der Waals surface area contributed by atoms with Crippen molar-refractivity contribution in [2.24, 2.45) is 5.10 Å². The number of aromatic amines is 1. The number of nitrogens with one attached hydrogen (secondary N) is 2. The van der Waals surface area contributed by atoms with Crippen LogP contribution in [0.15, 0.2) is 41.5 Å². The molecule has 0 amide bonds. The van der Waals surface area contributed by atoms with Gasteiger partial charge in [-0.2, -0.15) is 10.1 Å². The molecule has 0 aliphatic carbocycles. The van der Waals surface area contributed by atoms with Crippen molar-refractivity contribution in [1.82, 2.24) is 20.2 Å². The SMILES string of the molecule is CCOc1cc(/C=N\Nc2nnc3c(n2)[nH]c2ccc(C)cc23)ccc1O. The summed E-state index contributed by atoms with van der Waals surface area (Å²) in [5, 5.41) is 23.2. The average Bonchev–Trinajstić information content (AvgIpc) is 3.01. The van der Waals surface area contributed by atoms with E-state index in [-0.39, 0.29) is 11.7 Å². The zero-order chi connectivity index (χ0) is 18.8. The highest BCUT2D eigenvalue weighted by Gasteiger charge is 2.09. The number of ether oxygens (including phenoxy) is 1. The van der Waals surface area contributed by atoms with E-state index in [0.717, 1.165) is 27.5 Å². The average molecular weight is 362 g/mol. The Hall–Kier alpha value is -3.68. The second-order valence-electron chi connectivity index (χ2n) is 6.04. The molecule has 0 radical (unpaired) electrons. The molecule has 2 heterocycles. The lowest BCUT2D eigenvalue weighted by atomic mass is 10.2. The van der Waals surface area contributed by atoms with Crippen LogP contribution >= 0.6 is 0 Å². The molecule has 3 N–H and O–H groups in total. The summed E-state index contributed by atoms with van der Waals surface area (Å²) in [6.45, 7) is 4.35. The number of anilines is 1. The molecule has 0 atom stereocenters. The molecule has 2 aromatic carbocycles. The highest BCUT2D eigenvalue weighted by Crippen LogP contribution is 2.26. The first-order valence-electron chi connectivity index (χ1n) is 8.51. The first-order chi connectivity index (χ1) is 13.1. The Kier molecular flexibility index (Phi) is 4.29. The van der Waals surface area contributed by atoms with Gasteiger partial charge in [-0.05, 0) is 49.7 Å². The molecule has 0 saturated carbocycles. The number of hydrazone groups is 1. The van der Waals surface area contributed by atoms with Gasteiger partial charge in [0, 0.05) is 10.9 Å². The van der Waals surface area contributed by atoms with Crippen molar-refractivity contribution in [3.05, 3.63) is 47.5 Å². The molecule has 0 aliphatic rings. The Labute approximate surface area is 154 Å². The van der Waals surface area contributed by atoms with Gasteiger partial charge in [0.1, 0.15) is 5.52 Å². The smallest absolute Gasteiger partial charge is 0.265 e. The Morgan fingerprint density at radius 1 is 1.22 bits per heavy atom. The summed E-state index contributed by atoms with van der Waals surface area (Å²) in [5.41, 5.74) is 7.02. The van der Waals surface area contributed by atoms with Crippen LogP contribution in [0.5, 0.6) is 11.5 Å². The minimum atomic E-state index is 0.0917. The normalized spacial score (nSPS) is 11.5. The van der Waals surface area contributed by atoms with Gasteiger partial charge in [0.25, 0.3) is 5.95 Å². The summed E-state index contributed by atoms with van der Waals surface area (Å²) in [4.78, 5) is 7.65. The van der Waals surface area contributed by atoms with E-state index in [1.165, 1.54) is 0 Å². The van der Waals surface area contributed by atoms with E-state index in [2.05, 4.69) is 36.8 Å². The summed E-state index contributed by atoms with van der Waals surface area (Å²) >= 11 is 0. The van der Waals surface area contributed by atoms with Crippen molar-refractivity contribution in [1.29, 1.82) is 0 Å². The number of hydrogen-bond acceptors (Lipinski definition) is 7. The van der Waals surface area contributed by atoms with Crippen LogP contribution in [0.4, 0.5) is 5.95 Å². The van der Waals surface area contributed by atoms with E-state index in [1.54, 1.807) is 24.4 Å². The third kappa shape index (κ3) is 3.37. The zero-order valence-electron chi connectivity index (χ0n) is 14.9. The number of hydrogen-bond donors (Lipinski definition) is 3. The van der Waals surface area contributed by atoms with Crippen LogP contribution in [0.25, 0.3) is 22.1 Å². The van der Waals surface area contributed by atoms with Crippen LogP contribution in [-0.4, -0.2) is 38.1 Å². The highest BCUT2D eigenvalue weighted by molar-refractivity contribution is 6.03. The van der Waals surface area contributed by atoms with Crippen LogP contribution in [0.1, 0.15) is 18.1 Å². The monoisotopic (exact) mass is 362 g/mol. The van der Waals surface area contributed by atoms with E-state index in [1.807, 2.05) is 26.0 Å². The fourth-order valence-electron chi connectivity index (χ4n) is 2.78. The molecule has 136 valence electrons. The summed E-state index contributed by atoms with van der Waals surface area (Å²) < 4.78 is 5.36. The largest absolute Gasteiger partial charge is 0.504 e. The van der Waals surface area contributed by atoms with Crippen molar-refractivity contribution in [2.45, 2.75) is 13.8 Å². The van der Waals surface area contributed by atoms with Crippen LogP contribution in [0, 0.1) is 6.92 Å². The van der Waals surface area contributed by atoms with Gasteiger partial charge in [-0.3, -0.25) is 0 Å². The van der Waals surface area contributed by atoms with Crippen LogP contribution in [-0.2, 0) is 0 Å². The molecule has 8 nitrogen and oxygen atoms in total. The first-order valence-corrected chi connectivity index (χ1v) is 8.51. The van der Waals surface area contributed by atoms with Crippen LogP contribution in [0.3, 0.4) is 0 Å². The topological polar surface area (TPSA) is 108 Å². The lowest BCUT2D eigenvalue weighted by molar-refractivity contribution is 0.318. The standard InChI is InChI=1S/C19H18N6O2/c1-3-27-16-9-12(5-7-15(16)26)10-20-24-19-22-18-17(23-25-19)13-8-11(2)4-6-14(13)21-18/h4-10,26H,3H2,1-2H3,(H2,21,22,24,25)/b20-10-. The van der Waals surface area contributed by atoms with Crippen molar-refractivity contribution < 1.29 is 9.84 Å². The third-order valence-electron chi connectivity index (χ3n) is 4.03. The van der Waals surface area contributed by atoms with Gasteiger partial charge < -0.3 is 14.8 Å². The fourth-order valence-corrected chi connectivity index (χ4v) is 2.78. The Balaban J connectivity index is 1.56. The fraction of sp³-hybridized carbons (Fsp3) is 0.158. The molecule has 27 heavy (non-hydrogen) atoms. The van der Waals surface area contributed by atoms with Gasteiger partial charge in [-0.1, -0.05) is 11.6 Å². The maximum absolute atomic E-state index is 9.73. The predicted molar refractivity (Wildman–Crippen MR) is 104 cm³/mol. The van der Waals surface area contributed by atoms with Gasteiger partial charge in [0.15, 0.2) is 17.1 Å². The van der Waals surface area contributed by atoms with Crippen LogP contribution in [0.2, 0.25) is 0 Å². The molecule has 2 aromatic heterocycles. The molecule has 0 saturated heterocycles. The molecule has 0 unspecified atom stereocenters. The highest BCUT2D eigenvalue weighted by atomic mass is 16.5. The van der Waals surface area contributed by atoms with E-state index in [0.29, 0.717) is 18.0 Å². The lowest BCUT2D eigenvalue weighted by Gasteiger charge is -2.05. The van der Waals surface area contributed by atoms with Crippen molar-refractivity contribution in [3.63, 3.8) is 0 Å². The number of phenols is 1. The Bertz CT molecular complexity index is 1150. The second-order valence-corrected chi connectivity index (χ2v) is 6.04. The molecule has 4 rings (SSSR count). The molecule has 8 heteroatoms. The number of aromatic hydroxyl groups is 1. The van der Waals surface area contributed by atoms with Crippen LogP contribution < -0.4 is 10.2 Å². The molecule has 4 aromatic rings. The maximum Gasteiger partial charge on any atom is 0.265 e. The number of nitrogens with zero attached hydrogens (tertiary/aromatic N) is 4. The molecule has 0 fully saturated rings. The summed E-state index contributed by atoms with van der Waals surface area (Å²) in [6, 6.07) is 11.1. The van der Waals surface area contributed by atoms with E-state index in [4.69, 9.17) is 4.74 Å². The maximum atomic E-state index is 9.73. The van der Waals surface area contributed by atoms with Gasteiger partial charge in [0.05, 0.1) is 12.8 Å². The minimum absolute atomic E-state index is 0.0917. The predicted octanol–water partition coefficient (Wildman–Crippen LogP) is 3.36. The number of aromatic nitrogens is 4. The van der Waals surface area contributed by atoms with Gasteiger partial charge in [-0.15, -0.1) is 10.2 Å². The number of aryl methyl sites for hydroxylation is 1. The Morgan fingerprint density at radius 3 is 2.96 bits per heavy atom. The van der Waals surface area contributed by atoms with E-state index >= 15 is 0 Å². The van der Waals surface area contributed by atoms with Crippen molar-refractivity contribution in [3.8, 4) is 11.5 Å². The molecule has 0 aliphatic heterocycles. The first kappa shape index (κ1) is 16.8. The number of fused-ring (bicyclic) bond motifs is 3. The number of rotatable bonds is 5. The number of benzene rings is 2. The number of H-pyrrole nitrogens is 1. The summed E-state index contributed by atoms with van der Waals surface area (Å²) in [5.74, 6) is 0.786. The quantitative estimate of drug-likeness (QED) is 0.371. The molecule has 0 spiro atoms. The summed E-state index contributed by atoms with van der Waals surface area (Å²) in [6.07, 6.45) is 1.59. The van der Waals surface area contributed by atoms with E-state index in [9.17, 15) is 5.11 Å². The second kappa shape index (κ2) is 6.91. The van der Waals surface area contributed by atoms with Crippen molar-refractivity contribution >= 4 is 34.2 Å². The van der Waals surface area contributed by atoms with Gasteiger partial charge in [0.2, 0.25) is 0 Å². The zero-order valence-corrected chi connectivity index (χ0v) is 14.9. The van der Waals surface area contributed by atoms with Crippen molar-refractivity contribution in [2.75, 3.05) is 12.0 Å². The lowest BCUT2D eigenvalue weighted by Crippen LogP contribution is -1.99. The minimum Gasteiger partial charge on any atom is -0.504 e. The Morgan fingerprint density at radius 2 is 2.11 bits per heavy atom. The summed E-state index contributed by atoms with van der Waals surface area (Å²) in [7, 11) is 0. The van der Waals surface area contributed by atoms with E-state index < -0.39 is 0 Å². The number of phenolic OH excluding ortho intramolecular Hbond substituents is 1. The molecular weight excluding hydrogens is 344 g/mol. The molecule has 0 bridgehead atoms. The third-order valence-corrected chi connectivity index (χ3v) is 4.03. The molecular formula is C19H18N6O2. The van der Waals surface area contributed by atoms with Gasteiger partial charge in [-0.25, -0.2) is 5.43 Å².